The third-order valence-electron chi connectivity index (χ3n) is 1.95. The van der Waals surface area contributed by atoms with Crippen molar-refractivity contribution in [2.45, 2.75) is 0 Å². The number of benzene rings is 1. The predicted molar refractivity (Wildman–Crippen MR) is 57.1 cm³/mol. The Kier molecular flexibility index (Phi) is 2.03. The van der Waals surface area contributed by atoms with Gasteiger partial charge < -0.3 is 0 Å². The molecule has 0 aromatic heterocycles. The van der Waals surface area contributed by atoms with Crippen LogP contribution in [0.15, 0.2) is 47.6 Å². The fourth-order valence-corrected chi connectivity index (χ4v) is 1.53. The van der Waals surface area contributed by atoms with Gasteiger partial charge in [-0.05, 0) is 12.1 Å². The highest BCUT2D eigenvalue weighted by atomic mass is 35.5. The first-order valence-corrected chi connectivity index (χ1v) is 4.35. The van der Waals surface area contributed by atoms with Crippen molar-refractivity contribution < 1.29 is 0 Å². The first-order chi connectivity index (χ1) is 6.29. The molecular weight excluding hydrogens is 182 g/mol. The van der Waals surface area contributed by atoms with Gasteiger partial charge >= 0.3 is 0 Å². The molecule has 1 aliphatic rings. The highest BCUT2D eigenvalue weighted by Crippen LogP contribution is 2.30. The van der Waals surface area contributed by atoms with Gasteiger partial charge in [0.05, 0.1) is 5.70 Å². The molecule has 0 saturated heterocycles. The first-order valence-electron chi connectivity index (χ1n) is 3.97. The number of rotatable bonds is 1. The number of halogens is 1. The second-order valence-corrected chi connectivity index (χ2v) is 3.19. The van der Waals surface area contributed by atoms with Crippen LogP contribution in [0.3, 0.4) is 0 Å². The average Bonchev–Trinajstić information content (AvgIpc) is 2.52. The van der Waals surface area contributed by atoms with Crippen molar-refractivity contribution in [2.24, 2.45) is 4.99 Å². The largest absolute Gasteiger partial charge is 0.257 e. The van der Waals surface area contributed by atoms with E-state index in [0.29, 0.717) is 0 Å². The molecule has 0 spiro atoms. The maximum absolute atomic E-state index is 6.03. The molecule has 1 nitrogen and oxygen atoms in total. The molecule has 1 aromatic rings. The molecule has 1 aliphatic heterocycles. The van der Waals surface area contributed by atoms with Crippen LogP contribution < -0.4 is 0 Å². The van der Waals surface area contributed by atoms with E-state index in [4.69, 9.17) is 11.6 Å². The van der Waals surface area contributed by atoms with Crippen molar-refractivity contribution in [3.05, 3.63) is 53.2 Å². The minimum Gasteiger partial charge on any atom is -0.257 e. The summed E-state index contributed by atoms with van der Waals surface area (Å²) >= 11 is 6.03. The van der Waals surface area contributed by atoms with Crippen LogP contribution in [-0.4, -0.2) is 6.21 Å². The van der Waals surface area contributed by atoms with Crippen molar-refractivity contribution in [1.82, 2.24) is 0 Å². The maximum atomic E-state index is 6.03. The summed E-state index contributed by atoms with van der Waals surface area (Å²) in [7, 11) is 0. The standard InChI is InChI=1S/C11H8ClN/c1-8-9(6-7-13-8)10-4-2-3-5-11(10)12/h2-7H,1H2. The highest BCUT2D eigenvalue weighted by molar-refractivity contribution is 6.32. The molecular formula is C11H8ClN. The SMILES string of the molecule is C=C1N=CC=C1c1ccccc1Cl. The van der Waals surface area contributed by atoms with Crippen LogP contribution in [0.1, 0.15) is 5.56 Å². The second-order valence-electron chi connectivity index (χ2n) is 2.79. The molecule has 0 saturated carbocycles. The van der Waals surface area contributed by atoms with Gasteiger partial charge in [-0.3, -0.25) is 4.99 Å². The molecule has 1 heterocycles. The van der Waals surface area contributed by atoms with Gasteiger partial charge in [0, 0.05) is 22.4 Å². The van der Waals surface area contributed by atoms with Crippen LogP contribution >= 0.6 is 11.6 Å². The molecule has 0 radical (unpaired) electrons. The number of aliphatic imine (C=N–C) groups is 1. The average molecular weight is 190 g/mol. The zero-order chi connectivity index (χ0) is 9.26. The van der Waals surface area contributed by atoms with E-state index in [9.17, 15) is 0 Å². The number of hydrogen-bond donors (Lipinski definition) is 0. The summed E-state index contributed by atoms with van der Waals surface area (Å²) in [6, 6.07) is 7.69. The molecule has 0 N–H and O–H groups in total. The fraction of sp³-hybridized carbons (Fsp3) is 0. The molecule has 13 heavy (non-hydrogen) atoms. The Morgan fingerprint density at radius 3 is 2.62 bits per heavy atom. The molecule has 0 unspecified atom stereocenters. The number of allylic oxidation sites excluding steroid dienone is 2. The normalized spacial score (nSPS) is 14.8. The van der Waals surface area contributed by atoms with Gasteiger partial charge in [0.25, 0.3) is 0 Å². The van der Waals surface area contributed by atoms with Crippen molar-refractivity contribution in [3.8, 4) is 0 Å². The molecule has 1 aromatic carbocycles. The van der Waals surface area contributed by atoms with Crippen LogP contribution in [0.25, 0.3) is 5.57 Å². The van der Waals surface area contributed by atoms with Crippen LogP contribution in [0.2, 0.25) is 5.02 Å². The smallest absolute Gasteiger partial charge is 0.0637 e. The zero-order valence-electron chi connectivity index (χ0n) is 7.00. The summed E-state index contributed by atoms with van der Waals surface area (Å²) < 4.78 is 0. The van der Waals surface area contributed by atoms with Crippen LogP contribution in [0.5, 0.6) is 0 Å². The van der Waals surface area contributed by atoms with Crippen LogP contribution in [0.4, 0.5) is 0 Å². The number of nitrogens with zero attached hydrogens (tertiary/aromatic N) is 1. The molecule has 64 valence electrons. The quantitative estimate of drug-likeness (QED) is 0.643. The fourth-order valence-electron chi connectivity index (χ4n) is 1.29. The number of hydrogen-bond acceptors (Lipinski definition) is 1. The monoisotopic (exact) mass is 189 g/mol. The molecule has 0 amide bonds. The third-order valence-corrected chi connectivity index (χ3v) is 2.28. The molecule has 2 rings (SSSR count). The molecule has 0 fully saturated rings. The molecule has 2 heteroatoms. The lowest BCUT2D eigenvalue weighted by molar-refractivity contribution is 1.48. The minimum absolute atomic E-state index is 0.736. The summed E-state index contributed by atoms with van der Waals surface area (Å²) in [4.78, 5) is 4.06. The highest BCUT2D eigenvalue weighted by Gasteiger charge is 2.10. The van der Waals surface area contributed by atoms with E-state index in [1.54, 1.807) is 6.21 Å². The van der Waals surface area contributed by atoms with E-state index >= 15 is 0 Å². The lowest BCUT2D eigenvalue weighted by Gasteiger charge is -2.04. The zero-order valence-corrected chi connectivity index (χ0v) is 7.75. The van der Waals surface area contributed by atoms with E-state index in [1.807, 2.05) is 30.3 Å². The van der Waals surface area contributed by atoms with Gasteiger partial charge in [-0.2, -0.15) is 0 Å². The summed E-state index contributed by atoms with van der Waals surface area (Å²) in [6.45, 7) is 3.83. The Hall–Kier alpha value is -1.34. The topological polar surface area (TPSA) is 12.4 Å². The van der Waals surface area contributed by atoms with Gasteiger partial charge in [-0.25, -0.2) is 0 Å². The Balaban J connectivity index is 2.48. The van der Waals surface area contributed by atoms with Crippen LogP contribution in [0, 0.1) is 0 Å². The van der Waals surface area contributed by atoms with E-state index in [2.05, 4.69) is 11.6 Å². The predicted octanol–water partition coefficient (Wildman–Crippen LogP) is 3.32. The van der Waals surface area contributed by atoms with Crippen molar-refractivity contribution in [1.29, 1.82) is 0 Å². The van der Waals surface area contributed by atoms with Gasteiger partial charge in [-0.15, -0.1) is 0 Å². The van der Waals surface area contributed by atoms with E-state index < -0.39 is 0 Å². The van der Waals surface area contributed by atoms with Crippen molar-refractivity contribution >= 4 is 23.4 Å². The first kappa shape index (κ1) is 8.27. The van der Waals surface area contributed by atoms with Crippen molar-refractivity contribution in [2.75, 3.05) is 0 Å². The van der Waals surface area contributed by atoms with E-state index in [0.717, 1.165) is 21.9 Å². The van der Waals surface area contributed by atoms with Gasteiger partial charge in [0.1, 0.15) is 0 Å². The molecule has 0 aliphatic carbocycles. The van der Waals surface area contributed by atoms with Crippen molar-refractivity contribution in [3.63, 3.8) is 0 Å². The Morgan fingerprint density at radius 2 is 2.00 bits per heavy atom. The summed E-state index contributed by atoms with van der Waals surface area (Å²) in [5, 5.41) is 0.736. The second kappa shape index (κ2) is 3.19. The lowest BCUT2D eigenvalue weighted by atomic mass is 10.1. The lowest BCUT2D eigenvalue weighted by Crippen LogP contribution is -1.83. The summed E-state index contributed by atoms with van der Waals surface area (Å²) in [5.41, 5.74) is 2.77. The Morgan fingerprint density at radius 1 is 1.23 bits per heavy atom. The van der Waals surface area contributed by atoms with Gasteiger partial charge in [0.15, 0.2) is 0 Å². The summed E-state index contributed by atoms with van der Waals surface area (Å²) in [5.74, 6) is 0. The minimum atomic E-state index is 0.736. The molecule has 0 bridgehead atoms. The summed E-state index contributed by atoms with van der Waals surface area (Å²) in [6.07, 6.45) is 3.66. The third kappa shape index (κ3) is 1.43. The van der Waals surface area contributed by atoms with E-state index in [1.165, 1.54) is 0 Å². The Bertz CT molecular complexity index is 416. The van der Waals surface area contributed by atoms with Gasteiger partial charge in [-0.1, -0.05) is 36.4 Å². The molecule has 0 atom stereocenters. The van der Waals surface area contributed by atoms with Gasteiger partial charge in [0.2, 0.25) is 0 Å². The maximum Gasteiger partial charge on any atom is 0.0637 e. The van der Waals surface area contributed by atoms with E-state index in [-0.39, 0.29) is 0 Å². The Labute approximate surface area is 82.1 Å². The van der Waals surface area contributed by atoms with Crippen LogP contribution in [-0.2, 0) is 0 Å².